The molecule has 172 valence electrons. The van der Waals surface area contributed by atoms with E-state index in [4.69, 9.17) is 0 Å². The Hall–Kier alpha value is -3.66. The van der Waals surface area contributed by atoms with Crippen molar-refractivity contribution in [3.8, 4) is 39.6 Å². The molecule has 0 bridgehead atoms. The fourth-order valence-corrected chi connectivity index (χ4v) is 5.87. The van der Waals surface area contributed by atoms with Gasteiger partial charge in [0.05, 0.1) is 5.69 Å². The number of carbonyl (C=O) groups excluding carboxylic acids is 1. The lowest BCUT2D eigenvalue weighted by Crippen LogP contribution is -1.97. The summed E-state index contributed by atoms with van der Waals surface area (Å²) in [5, 5.41) is 12.3. The lowest BCUT2D eigenvalue weighted by Gasteiger charge is -2.13. The minimum absolute atomic E-state index is 0.160. The minimum Gasteiger partial charge on any atom is -0.354 e. The number of nitrogens with zero attached hydrogens (tertiary/aromatic N) is 1. The molecular weight excluding hydrogens is 475 g/mol. The second-order valence-electron chi connectivity index (χ2n) is 8.30. The third-order valence-corrected chi connectivity index (χ3v) is 7.82. The van der Waals surface area contributed by atoms with Crippen LogP contribution < -0.4 is 0 Å². The Morgan fingerprint density at radius 2 is 1.86 bits per heavy atom. The Bertz CT molecular complexity index is 1610. The number of carbonyl (C=O) groups is 1. The zero-order chi connectivity index (χ0) is 24.5. The van der Waals surface area contributed by atoms with Gasteiger partial charge in [0, 0.05) is 32.8 Å². The summed E-state index contributed by atoms with van der Waals surface area (Å²) in [6.07, 6.45) is 2.98. The van der Waals surface area contributed by atoms with Crippen LogP contribution in [0.25, 0.3) is 44.4 Å². The van der Waals surface area contributed by atoms with Crippen molar-refractivity contribution in [1.29, 1.82) is 5.26 Å². The monoisotopic (exact) mass is 496 g/mol. The summed E-state index contributed by atoms with van der Waals surface area (Å²) in [6.45, 7) is 1.91. The number of thiophene rings is 1. The molecule has 3 aromatic carbocycles. The quantitative estimate of drug-likeness (QED) is 0.190. The van der Waals surface area contributed by atoms with Crippen LogP contribution in [0, 0.1) is 17.1 Å². The van der Waals surface area contributed by atoms with E-state index in [2.05, 4.69) is 29.3 Å². The first-order chi connectivity index (χ1) is 17.0. The third-order valence-electron chi connectivity index (χ3n) is 6.21. The second kappa shape index (κ2) is 9.53. The van der Waals surface area contributed by atoms with Crippen molar-refractivity contribution < 1.29 is 9.18 Å². The molecule has 0 fully saturated rings. The molecule has 1 N–H and O–H groups in total. The van der Waals surface area contributed by atoms with Gasteiger partial charge >= 0.3 is 0 Å². The summed E-state index contributed by atoms with van der Waals surface area (Å²) in [6, 6.07) is 23.2. The van der Waals surface area contributed by atoms with Crippen molar-refractivity contribution in [2.24, 2.45) is 0 Å². The number of halogens is 1. The van der Waals surface area contributed by atoms with Gasteiger partial charge in [-0.15, -0.1) is 23.1 Å². The van der Waals surface area contributed by atoms with Crippen molar-refractivity contribution in [1.82, 2.24) is 4.98 Å². The van der Waals surface area contributed by atoms with Gasteiger partial charge in [-0.2, -0.15) is 5.26 Å². The predicted molar refractivity (Wildman–Crippen MR) is 143 cm³/mol. The smallest absolute Gasteiger partial charge is 0.127 e. The van der Waals surface area contributed by atoms with Crippen molar-refractivity contribution in [3.05, 3.63) is 88.4 Å². The van der Waals surface area contributed by atoms with Crippen LogP contribution in [0.1, 0.15) is 23.3 Å². The van der Waals surface area contributed by atoms with Crippen LogP contribution in [0.3, 0.4) is 0 Å². The van der Waals surface area contributed by atoms with E-state index >= 15 is 0 Å². The topological polar surface area (TPSA) is 56.6 Å². The largest absolute Gasteiger partial charge is 0.354 e. The molecule has 0 radical (unpaired) electrons. The number of benzene rings is 3. The summed E-state index contributed by atoms with van der Waals surface area (Å²) in [5.41, 5.74) is 7.34. The van der Waals surface area contributed by atoms with Gasteiger partial charge in [-0.25, -0.2) is 4.39 Å². The first-order valence-electron chi connectivity index (χ1n) is 11.1. The number of rotatable bonds is 6. The standard InChI is InChI=1S/C29H21FN2OS2/c1-17(16-33)22-8-6-19(13-26(22)34-2)18-4-3-5-20(12-18)29-28(23-10-11-35-27(23)15-31)24-14-21(30)7-9-25(24)32-29/h3-14,16-17,32H,1-2H3. The van der Waals surface area contributed by atoms with Crippen molar-refractivity contribution in [2.75, 3.05) is 6.26 Å². The summed E-state index contributed by atoms with van der Waals surface area (Å²) >= 11 is 3.01. The third kappa shape index (κ3) is 4.18. The highest BCUT2D eigenvalue weighted by Crippen LogP contribution is 2.42. The zero-order valence-electron chi connectivity index (χ0n) is 19.1. The van der Waals surface area contributed by atoms with Crippen LogP contribution >= 0.6 is 23.1 Å². The lowest BCUT2D eigenvalue weighted by molar-refractivity contribution is -0.108. The molecule has 1 unspecified atom stereocenters. The Labute approximate surface area is 211 Å². The van der Waals surface area contributed by atoms with Crippen LogP contribution in [0.2, 0.25) is 0 Å². The number of aromatic nitrogens is 1. The summed E-state index contributed by atoms with van der Waals surface area (Å²) in [5.74, 6) is -0.479. The zero-order valence-corrected chi connectivity index (χ0v) is 20.8. The van der Waals surface area contributed by atoms with Crippen LogP contribution in [-0.4, -0.2) is 17.5 Å². The van der Waals surface area contributed by atoms with Gasteiger partial charge in [-0.1, -0.05) is 37.3 Å². The van der Waals surface area contributed by atoms with Crippen molar-refractivity contribution in [3.63, 3.8) is 0 Å². The molecule has 5 aromatic rings. The molecule has 2 heterocycles. The predicted octanol–water partition coefficient (Wildman–Crippen LogP) is 8.27. The van der Waals surface area contributed by atoms with E-state index in [1.165, 1.54) is 23.5 Å². The van der Waals surface area contributed by atoms with Gasteiger partial charge in [-0.05, 0) is 70.3 Å². The first kappa shape index (κ1) is 23.1. The SMILES string of the molecule is CSc1cc(-c2cccc(-c3[nH]c4ccc(F)cc4c3-c3ccsc3C#N)c2)ccc1C(C)C=O. The molecule has 0 aliphatic rings. The Kier molecular flexibility index (Phi) is 6.29. The van der Waals surface area contributed by atoms with E-state index in [1.54, 1.807) is 17.8 Å². The van der Waals surface area contributed by atoms with Crippen LogP contribution in [-0.2, 0) is 4.79 Å². The first-order valence-corrected chi connectivity index (χ1v) is 13.2. The van der Waals surface area contributed by atoms with E-state index < -0.39 is 0 Å². The van der Waals surface area contributed by atoms with Crippen LogP contribution in [0.4, 0.5) is 4.39 Å². The fourth-order valence-electron chi connectivity index (χ4n) is 4.45. The fraction of sp³-hybridized carbons (Fsp3) is 0.103. The Balaban J connectivity index is 1.69. The average Bonchev–Trinajstić information content (AvgIpc) is 3.51. The Morgan fingerprint density at radius 3 is 2.63 bits per heavy atom. The number of nitriles is 1. The summed E-state index contributed by atoms with van der Waals surface area (Å²) in [4.78, 5) is 16.5. The van der Waals surface area contributed by atoms with Crippen LogP contribution in [0.5, 0.6) is 0 Å². The minimum atomic E-state index is -0.318. The van der Waals surface area contributed by atoms with E-state index in [0.29, 0.717) is 4.88 Å². The number of thioether (sulfide) groups is 1. The number of nitrogens with one attached hydrogen (secondary N) is 1. The second-order valence-corrected chi connectivity index (χ2v) is 10.1. The van der Waals surface area contributed by atoms with E-state index in [9.17, 15) is 14.4 Å². The maximum Gasteiger partial charge on any atom is 0.127 e. The van der Waals surface area contributed by atoms with Crippen molar-refractivity contribution in [2.45, 2.75) is 17.7 Å². The molecule has 6 heteroatoms. The molecule has 5 rings (SSSR count). The molecule has 3 nitrogen and oxygen atoms in total. The van der Waals surface area contributed by atoms with Gasteiger partial charge in [-0.3, -0.25) is 0 Å². The molecular formula is C29H21FN2OS2. The number of hydrogen-bond donors (Lipinski definition) is 1. The highest BCUT2D eigenvalue weighted by Gasteiger charge is 2.20. The van der Waals surface area contributed by atoms with Gasteiger partial charge in [0.2, 0.25) is 0 Å². The molecule has 0 spiro atoms. The summed E-state index contributed by atoms with van der Waals surface area (Å²) < 4.78 is 14.2. The molecule has 1 atom stereocenters. The lowest BCUT2D eigenvalue weighted by atomic mass is 9.95. The maximum absolute atomic E-state index is 14.2. The van der Waals surface area contributed by atoms with Gasteiger partial charge in [0.1, 0.15) is 23.0 Å². The molecule has 0 aliphatic heterocycles. The maximum atomic E-state index is 14.2. The molecule has 2 aromatic heterocycles. The molecule has 0 saturated heterocycles. The number of aromatic amines is 1. The molecule has 0 aliphatic carbocycles. The summed E-state index contributed by atoms with van der Waals surface area (Å²) in [7, 11) is 0. The van der Waals surface area contributed by atoms with E-state index in [-0.39, 0.29) is 11.7 Å². The highest BCUT2D eigenvalue weighted by atomic mass is 32.2. The van der Waals surface area contributed by atoms with Gasteiger partial charge in [0.25, 0.3) is 0 Å². The molecule has 0 saturated carbocycles. The normalized spacial score (nSPS) is 11.9. The van der Waals surface area contributed by atoms with Gasteiger partial charge in [0.15, 0.2) is 0 Å². The Morgan fingerprint density at radius 1 is 1.06 bits per heavy atom. The highest BCUT2D eigenvalue weighted by molar-refractivity contribution is 7.98. The number of fused-ring (bicyclic) bond motifs is 1. The van der Waals surface area contributed by atoms with Crippen LogP contribution in [0.15, 0.2) is 77.0 Å². The van der Waals surface area contributed by atoms with E-state index in [1.807, 2.05) is 48.9 Å². The number of hydrogen-bond acceptors (Lipinski definition) is 4. The average molecular weight is 497 g/mol. The molecule has 35 heavy (non-hydrogen) atoms. The van der Waals surface area contributed by atoms with E-state index in [0.717, 1.165) is 61.2 Å². The molecule has 0 amide bonds. The number of aldehydes is 1. The van der Waals surface area contributed by atoms with Crippen molar-refractivity contribution >= 4 is 40.3 Å². The number of H-pyrrole nitrogens is 1. The van der Waals surface area contributed by atoms with Gasteiger partial charge < -0.3 is 9.78 Å².